The summed E-state index contributed by atoms with van der Waals surface area (Å²) in [4.78, 5) is 46.7. The van der Waals surface area contributed by atoms with E-state index in [1.54, 1.807) is 12.1 Å². The number of para-hydroxylation sites is 3. The van der Waals surface area contributed by atoms with Crippen molar-refractivity contribution in [3.63, 3.8) is 0 Å². The minimum absolute atomic E-state index is 0.377. The molecule has 1 aliphatic heterocycles. The van der Waals surface area contributed by atoms with E-state index in [-0.39, 0.29) is 0 Å². The fourth-order valence-corrected chi connectivity index (χ4v) is 3.63. The Morgan fingerprint density at radius 1 is 0.667 bits per heavy atom. The van der Waals surface area contributed by atoms with Crippen LogP contribution < -0.4 is 10.7 Å². The van der Waals surface area contributed by atoms with Crippen molar-refractivity contribution in [1.29, 1.82) is 0 Å². The van der Waals surface area contributed by atoms with E-state index in [1.807, 2.05) is 48.5 Å². The Bertz CT molecular complexity index is 1610. The molecule has 3 heterocycles. The summed E-state index contributed by atoms with van der Waals surface area (Å²) in [6.07, 6.45) is 0. The van der Waals surface area contributed by atoms with Gasteiger partial charge in [0.1, 0.15) is 0 Å². The zero-order valence-corrected chi connectivity index (χ0v) is 15.4. The SMILES string of the molecule is O=C1N=c2ccc(-c3cccc4[nH]c(-c5nc6ccccc6[nH]5)nc34)cc2=NC1=O. The molecule has 5 aromatic rings. The topological polar surface area (TPSA) is 116 Å². The number of amides is 2. The maximum absolute atomic E-state index is 11.6. The second-order valence-corrected chi connectivity index (χ2v) is 6.93. The quantitative estimate of drug-likeness (QED) is 0.447. The Morgan fingerprint density at radius 2 is 1.40 bits per heavy atom. The van der Waals surface area contributed by atoms with E-state index in [0.29, 0.717) is 22.4 Å². The van der Waals surface area contributed by atoms with Crippen molar-refractivity contribution in [3.05, 3.63) is 71.4 Å². The van der Waals surface area contributed by atoms with Gasteiger partial charge < -0.3 is 9.97 Å². The van der Waals surface area contributed by atoms with Crippen molar-refractivity contribution >= 4 is 33.9 Å². The van der Waals surface area contributed by atoms with Gasteiger partial charge in [-0.15, -0.1) is 0 Å². The van der Waals surface area contributed by atoms with Gasteiger partial charge in [-0.1, -0.05) is 30.3 Å². The average Bonchev–Trinajstić information content (AvgIpc) is 3.38. The summed E-state index contributed by atoms with van der Waals surface area (Å²) in [5.74, 6) is -0.418. The second kappa shape index (κ2) is 6.02. The number of rotatable bonds is 2. The van der Waals surface area contributed by atoms with Crippen LogP contribution >= 0.6 is 0 Å². The van der Waals surface area contributed by atoms with Crippen LogP contribution in [0.25, 0.3) is 44.8 Å². The van der Waals surface area contributed by atoms with Crippen molar-refractivity contribution in [2.45, 2.75) is 0 Å². The number of aromatic nitrogens is 4. The maximum Gasteiger partial charge on any atom is 0.338 e. The van der Waals surface area contributed by atoms with Gasteiger partial charge in [0.05, 0.1) is 32.8 Å². The second-order valence-electron chi connectivity index (χ2n) is 6.93. The Morgan fingerprint density at radius 3 is 2.27 bits per heavy atom. The lowest BCUT2D eigenvalue weighted by Crippen LogP contribution is -2.34. The lowest BCUT2D eigenvalue weighted by atomic mass is 10.0. The number of carbonyl (C=O) groups excluding carboxylic acids is 2. The van der Waals surface area contributed by atoms with Crippen LogP contribution in [0.15, 0.2) is 70.6 Å². The van der Waals surface area contributed by atoms with Crippen molar-refractivity contribution in [2.24, 2.45) is 9.98 Å². The molecule has 0 unspecified atom stereocenters. The molecule has 2 aromatic heterocycles. The van der Waals surface area contributed by atoms with E-state index in [1.165, 1.54) is 0 Å². The maximum atomic E-state index is 11.6. The van der Waals surface area contributed by atoms with Gasteiger partial charge in [0.2, 0.25) is 0 Å². The number of H-pyrrole nitrogens is 2. The minimum Gasteiger partial charge on any atom is -0.335 e. The number of imidazole rings is 2. The predicted octanol–water partition coefficient (Wildman–Crippen LogP) is 2.08. The number of nitrogens with one attached hydrogen (secondary N) is 2. The molecule has 6 rings (SSSR count). The molecule has 0 atom stereocenters. The van der Waals surface area contributed by atoms with Gasteiger partial charge in [-0.3, -0.25) is 9.59 Å². The monoisotopic (exact) mass is 392 g/mol. The summed E-state index contributed by atoms with van der Waals surface area (Å²) >= 11 is 0. The highest BCUT2D eigenvalue weighted by atomic mass is 16.2. The molecule has 0 fully saturated rings. The molecule has 8 nitrogen and oxygen atoms in total. The number of carbonyl (C=O) groups is 2. The molecule has 30 heavy (non-hydrogen) atoms. The van der Waals surface area contributed by atoms with Gasteiger partial charge in [-0.05, 0) is 35.9 Å². The first-order valence-electron chi connectivity index (χ1n) is 9.26. The number of aromatic amines is 2. The molecule has 0 spiro atoms. The number of nitrogens with zero attached hydrogens (tertiary/aromatic N) is 4. The van der Waals surface area contributed by atoms with Crippen LogP contribution in [0.4, 0.5) is 0 Å². The lowest BCUT2D eigenvalue weighted by Gasteiger charge is -2.04. The summed E-state index contributed by atoms with van der Waals surface area (Å²) in [7, 11) is 0. The largest absolute Gasteiger partial charge is 0.338 e. The molecule has 0 bridgehead atoms. The highest BCUT2D eigenvalue weighted by Crippen LogP contribution is 2.28. The highest BCUT2D eigenvalue weighted by molar-refractivity contribution is 6.36. The van der Waals surface area contributed by atoms with Gasteiger partial charge in [0, 0.05) is 5.56 Å². The molecular formula is C22H12N6O2. The zero-order chi connectivity index (χ0) is 20.2. The third-order valence-electron chi connectivity index (χ3n) is 5.04. The van der Waals surface area contributed by atoms with Crippen LogP contribution in [0.1, 0.15) is 0 Å². The van der Waals surface area contributed by atoms with Gasteiger partial charge in [0.25, 0.3) is 0 Å². The summed E-state index contributed by atoms with van der Waals surface area (Å²) in [6, 6.07) is 18.9. The summed E-state index contributed by atoms with van der Waals surface area (Å²) in [5.41, 5.74) is 5.12. The Hall–Kier alpha value is -4.46. The van der Waals surface area contributed by atoms with Gasteiger partial charge in [0.15, 0.2) is 11.6 Å². The molecule has 142 valence electrons. The van der Waals surface area contributed by atoms with Crippen LogP contribution in [-0.4, -0.2) is 31.8 Å². The fraction of sp³-hybridized carbons (Fsp3) is 0. The van der Waals surface area contributed by atoms with Crippen LogP contribution in [0.3, 0.4) is 0 Å². The molecule has 0 radical (unpaired) electrons. The smallest absolute Gasteiger partial charge is 0.335 e. The van der Waals surface area contributed by atoms with E-state index in [2.05, 4.69) is 24.9 Å². The number of fused-ring (bicyclic) bond motifs is 3. The van der Waals surface area contributed by atoms with E-state index in [9.17, 15) is 9.59 Å². The normalized spacial score (nSPS) is 13.3. The number of hydrogen-bond acceptors (Lipinski definition) is 4. The van der Waals surface area contributed by atoms with Gasteiger partial charge >= 0.3 is 11.8 Å². The third kappa shape index (κ3) is 2.47. The Kier molecular flexibility index (Phi) is 3.31. The fourth-order valence-electron chi connectivity index (χ4n) is 3.63. The first-order chi connectivity index (χ1) is 14.7. The summed E-state index contributed by atoms with van der Waals surface area (Å²) in [5, 5.41) is 0.766. The van der Waals surface area contributed by atoms with Crippen LogP contribution in [0.5, 0.6) is 0 Å². The first-order valence-corrected chi connectivity index (χ1v) is 9.26. The van der Waals surface area contributed by atoms with E-state index >= 15 is 0 Å². The van der Waals surface area contributed by atoms with Crippen molar-refractivity contribution in [1.82, 2.24) is 19.9 Å². The molecule has 1 aliphatic rings. The third-order valence-corrected chi connectivity index (χ3v) is 5.04. The molecule has 3 aromatic carbocycles. The Balaban J connectivity index is 1.53. The molecular weight excluding hydrogens is 380 g/mol. The minimum atomic E-state index is -0.857. The predicted molar refractivity (Wildman–Crippen MR) is 109 cm³/mol. The van der Waals surface area contributed by atoms with Gasteiger partial charge in [-0.25, -0.2) is 20.0 Å². The van der Waals surface area contributed by atoms with E-state index in [4.69, 9.17) is 4.98 Å². The molecule has 2 N–H and O–H groups in total. The van der Waals surface area contributed by atoms with Crippen molar-refractivity contribution < 1.29 is 9.59 Å². The standard InChI is InChI=1S/C22H12N6O2/c29-21-22(30)27-17-10-11(8-9-15(17)26-21)12-4-3-7-16-18(12)28-20(25-16)19-23-13-5-1-2-6-14(13)24-19/h1-10H,(H,23,24)(H,25,28). The molecule has 2 amide bonds. The lowest BCUT2D eigenvalue weighted by molar-refractivity contribution is -0.135. The van der Waals surface area contributed by atoms with Crippen molar-refractivity contribution in [3.8, 4) is 22.8 Å². The summed E-state index contributed by atoms with van der Waals surface area (Å²) < 4.78 is 0. The highest BCUT2D eigenvalue weighted by Gasteiger charge is 2.17. The molecule has 8 heteroatoms. The summed E-state index contributed by atoms with van der Waals surface area (Å²) in [6.45, 7) is 0. The molecule has 0 saturated heterocycles. The first kappa shape index (κ1) is 16.5. The zero-order valence-electron chi connectivity index (χ0n) is 15.4. The van der Waals surface area contributed by atoms with Crippen LogP contribution in [-0.2, 0) is 9.59 Å². The average molecular weight is 392 g/mol. The number of hydrogen-bond donors (Lipinski definition) is 2. The van der Waals surface area contributed by atoms with E-state index < -0.39 is 11.8 Å². The van der Waals surface area contributed by atoms with Crippen molar-refractivity contribution in [2.75, 3.05) is 0 Å². The van der Waals surface area contributed by atoms with E-state index in [0.717, 1.165) is 33.2 Å². The Labute approximate surface area is 168 Å². The van der Waals surface area contributed by atoms with Crippen LogP contribution in [0, 0.1) is 0 Å². The number of benzene rings is 3. The van der Waals surface area contributed by atoms with Gasteiger partial charge in [-0.2, -0.15) is 0 Å². The molecule has 0 aliphatic carbocycles. The molecule has 0 saturated carbocycles. The van der Waals surface area contributed by atoms with Crippen LogP contribution in [0.2, 0.25) is 0 Å².